The fraction of sp³-hybridized carbons (Fsp3) is 0.562. The van der Waals surface area contributed by atoms with Crippen LogP contribution in [0.15, 0.2) is 18.2 Å². The van der Waals surface area contributed by atoms with E-state index in [2.05, 4.69) is 13.8 Å². The Morgan fingerprint density at radius 2 is 1.86 bits per heavy atom. The molecule has 1 aromatic carbocycles. The third-order valence-electron chi connectivity index (χ3n) is 4.01. The highest BCUT2D eigenvalue weighted by Crippen LogP contribution is 2.38. The van der Waals surface area contributed by atoms with Crippen molar-refractivity contribution in [1.82, 2.24) is 0 Å². The third kappa shape index (κ3) is 3.90. The molecule has 5 heteroatoms. The van der Waals surface area contributed by atoms with Gasteiger partial charge in [0.25, 0.3) is 0 Å². The summed E-state index contributed by atoms with van der Waals surface area (Å²) in [5.74, 6) is 0.186. The van der Waals surface area contributed by atoms with Gasteiger partial charge in [-0.2, -0.15) is 18.4 Å². The third-order valence-corrected chi connectivity index (χ3v) is 4.01. The fourth-order valence-electron chi connectivity index (χ4n) is 2.61. The molecule has 0 atom stereocenters. The van der Waals surface area contributed by atoms with Crippen LogP contribution < -0.4 is 4.74 Å². The number of alkyl halides is 3. The first-order valence-corrected chi connectivity index (χ1v) is 6.99. The Kier molecular flexibility index (Phi) is 4.18. The van der Waals surface area contributed by atoms with Crippen LogP contribution in [0.3, 0.4) is 0 Å². The van der Waals surface area contributed by atoms with Crippen molar-refractivity contribution in [1.29, 1.82) is 5.26 Å². The fourth-order valence-corrected chi connectivity index (χ4v) is 2.61. The normalized spacial score (nSPS) is 19.0. The highest BCUT2D eigenvalue weighted by Gasteiger charge is 2.34. The van der Waals surface area contributed by atoms with Crippen molar-refractivity contribution in [2.75, 3.05) is 0 Å². The van der Waals surface area contributed by atoms with E-state index < -0.39 is 11.7 Å². The molecule has 2 nitrogen and oxygen atoms in total. The summed E-state index contributed by atoms with van der Waals surface area (Å²) in [5.41, 5.74) is -1.03. The summed E-state index contributed by atoms with van der Waals surface area (Å²) in [6, 6.07) is 5.11. The molecule has 0 aliphatic heterocycles. The van der Waals surface area contributed by atoms with Crippen molar-refractivity contribution in [2.24, 2.45) is 5.41 Å². The lowest BCUT2D eigenvalue weighted by Gasteiger charge is -2.34. The summed E-state index contributed by atoms with van der Waals surface area (Å²) in [6.07, 6.45) is -0.908. The Hall–Kier alpha value is -1.70. The second kappa shape index (κ2) is 5.59. The van der Waals surface area contributed by atoms with Gasteiger partial charge in [0.15, 0.2) is 0 Å². The molecule has 0 N–H and O–H groups in total. The number of nitriles is 1. The van der Waals surface area contributed by atoms with Crippen molar-refractivity contribution in [2.45, 2.75) is 51.8 Å². The smallest absolute Gasteiger partial charge is 0.417 e. The quantitative estimate of drug-likeness (QED) is 0.775. The second-order valence-corrected chi connectivity index (χ2v) is 6.30. The Balaban J connectivity index is 2.14. The minimum absolute atomic E-state index is 0.0490. The van der Waals surface area contributed by atoms with Crippen LogP contribution in [0.4, 0.5) is 13.2 Å². The SMILES string of the molecule is CC1(C)CCC(Oc2ccc(C#N)c(C(F)(F)F)c2)CC1. The van der Waals surface area contributed by atoms with E-state index >= 15 is 0 Å². The van der Waals surface area contributed by atoms with Crippen LogP contribution in [0.25, 0.3) is 0 Å². The molecule has 1 aromatic rings. The zero-order valence-electron chi connectivity index (χ0n) is 12.1. The molecular formula is C16H18F3NO. The Bertz CT molecular complexity index is 548. The molecule has 1 fully saturated rings. The largest absolute Gasteiger partial charge is 0.490 e. The molecule has 0 radical (unpaired) electrons. The van der Waals surface area contributed by atoms with Crippen LogP contribution in [0.5, 0.6) is 5.75 Å². The van der Waals surface area contributed by atoms with E-state index in [0.717, 1.165) is 31.7 Å². The maximum Gasteiger partial charge on any atom is 0.417 e. The van der Waals surface area contributed by atoms with Gasteiger partial charge in [-0.1, -0.05) is 13.8 Å². The van der Waals surface area contributed by atoms with Crippen LogP contribution in [-0.2, 0) is 6.18 Å². The molecule has 0 bridgehead atoms. The summed E-state index contributed by atoms with van der Waals surface area (Å²) in [6.45, 7) is 4.37. The van der Waals surface area contributed by atoms with Crippen molar-refractivity contribution in [3.63, 3.8) is 0 Å². The zero-order chi connectivity index (χ0) is 15.7. The highest BCUT2D eigenvalue weighted by atomic mass is 19.4. The first kappa shape index (κ1) is 15.7. The second-order valence-electron chi connectivity index (χ2n) is 6.30. The maximum absolute atomic E-state index is 12.9. The van der Waals surface area contributed by atoms with Gasteiger partial charge in [-0.3, -0.25) is 0 Å². The number of ether oxygens (including phenoxy) is 1. The van der Waals surface area contributed by atoms with Crippen LogP contribution in [0.1, 0.15) is 50.7 Å². The molecule has 114 valence electrons. The number of hydrogen-bond donors (Lipinski definition) is 0. The topological polar surface area (TPSA) is 33.0 Å². The molecule has 1 aliphatic rings. The molecule has 0 saturated heterocycles. The van der Waals surface area contributed by atoms with Crippen LogP contribution in [0.2, 0.25) is 0 Å². The number of halogens is 3. The van der Waals surface area contributed by atoms with Gasteiger partial charge < -0.3 is 4.74 Å². The average molecular weight is 297 g/mol. The molecule has 1 aliphatic carbocycles. The molecule has 0 aromatic heterocycles. The highest BCUT2D eigenvalue weighted by molar-refractivity contribution is 5.44. The Labute approximate surface area is 122 Å². The van der Waals surface area contributed by atoms with E-state index in [9.17, 15) is 13.2 Å². The van der Waals surface area contributed by atoms with Crippen molar-refractivity contribution in [3.8, 4) is 11.8 Å². The number of nitrogens with zero attached hydrogens (tertiary/aromatic N) is 1. The Morgan fingerprint density at radius 3 is 2.38 bits per heavy atom. The molecular weight excluding hydrogens is 279 g/mol. The summed E-state index contributed by atoms with van der Waals surface area (Å²) in [7, 11) is 0. The molecule has 0 unspecified atom stereocenters. The molecule has 0 heterocycles. The van der Waals surface area contributed by atoms with Crippen molar-refractivity contribution >= 4 is 0 Å². The van der Waals surface area contributed by atoms with Gasteiger partial charge in [-0.05, 0) is 49.3 Å². The molecule has 21 heavy (non-hydrogen) atoms. The number of benzene rings is 1. The predicted octanol–water partition coefficient (Wildman–Crippen LogP) is 4.92. The van der Waals surface area contributed by atoms with E-state index in [0.29, 0.717) is 0 Å². The molecule has 1 saturated carbocycles. The van der Waals surface area contributed by atoms with Crippen molar-refractivity contribution in [3.05, 3.63) is 29.3 Å². The molecule has 0 amide bonds. The predicted molar refractivity (Wildman–Crippen MR) is 72.8 cm³/mol. The minimum atomic E-state index is -4.54. The zero-order valence-corrected chi connectivity index (χ0v) is 12.1. The summed E-state index contributed by atoms with van der Waals surface area (Å²) >= 11 is 0. The van der Waals surface area contributed by atoms with Gasteiger partial charge >= 0.3 is 6.18 Å². The van der Waals surface area contributed by atoms with E-state index in [-0.39, 0.29) is 22.8 Å². The van der Waals surface area contributed by atoms with Gasteiger partial charge in [0.2, 0.25) is 0 Å². The van der Waals surface area contributed by atoms with E-state index in [4.69, 9.17) is 10.00 Å². The minimum Gasteiger partial charge on any atom is -0.490 e. The van der Waals surface area contributed by atoms with Gasteiger partial charge in [-0.25, -0.2) is 0 Å². The molecule has 0 spiro atoms. The van der Waals surface area contributed by atoms with Gasteiger partial charge in [-0.15, -0.1) is 0 Å². The number of rotatable bonds is 2. The molecule has 2 rings (SSSR count). The van der Waals surface area contributed by atoms with E-state index in [1.807, 2.05) is 0 Å². The lowest BCUT2D eigenvalue weighted by atomic mass is 9.76. The van der Waals surface area contributed by atoms with Crippen LogP contribution >= 0.6 is 0 Å². The summed E-state index contributed by atoms with van der Waals surface area (Å²) in [4.78, 5) is 0. The lowest BCUT2D eigenvalue weighted by Crippen LogP contribution is -2.28. The number of hydrogen-bond acceptors (Lipinski definition) is 2. The monoisotopic (exact) mass is 297 g/mol. The first-order chi connectivity index (χ1) is 9.71. The maximum atomic E-state index is 12.9. The van der Waals surface area contributed by atoms with Crippen LogP contribution in [-0.4, -0.2) is 6.10 Å². The van der Waals surface area contributed by atoms with E-state index in [1.54, 1.807) is 6.07 Å². The van der Waals surface area contributed by atoms with Gasteiger partial charge in [0.1, 0.15) is 5.75 Å². The van der Waals surface area contributed by atoms with Crippen molar-refractivity contribution < 1.29 is 17.9 Å². The van der Waals surface area contributed by atoms with Crippen LogP contribution in [0, 0.1) is 16.7 Å². The summed E-state index contributed by atoms with van der Waals surface area (Å²) < 4.78 is 44.3. The summed E-state index contributed by atoms with van der Waals surface area (Å²) in [5, 5.41) is 8.76. The standard InChI is InChI=1S/C16H18F3NO/c1-15(2)7-5-12(6-8-15)21-13-4-3-11(10-20)14(9-13)16(17,18)19/h3-4,9,12H,5-8H2,1-2H3. The van der Waals surface area contributed by atoms with E-state index in [1.165, 1.54) is 12.1 Å². The lowest BCUT2D eigenvalue weighted by molar-refractivity contribution is -0.137. The first-order valence-electron chi connectivity index (χ1n) is 6.99. The Morgan fingerprint density at radius 1 is 1.24 bits per heavy atom. The van der Waals surface area contributed by atoms with Gasteiger partial charge in [0, 0.05) is 0 Å². The van der Waals surface area contributed by atoms with Gasteiger partial charge in [0.05, 0.1) is 23.3 Å². The average Bonchev–Trinajstić information content (AvgIpc) is 2.40.